The molecule has 1 aromatic heterocycles. The molecule has 1 aliphatic carbocycles. The number of nitrogens with one attached hydrogen (secondary N) is 1. The van der Waals surface area contributed by atoms with E-state index < -0.39 is 0 Å². The van der Waals surface area contributed by atoms with E-state index in [0.29, 0.717) is 23.6 Å². The van der Waals surface area contributed by atoms with Gasteiger partial charge in [0.25, 0.3) is 5.91 Å². The van der Waals surface area contributed by atoms with Crippen LogP contribution in [0.2, 0.25) is 0 Å². The molecule has 30 heavy (non-hydrogen) atoms. The third-order valence-electron chi connectivity index (χ3n) is 5.71. The minimum Gasteiger partial charge on any atom is -0.493 e. The summed E-state index contributed by atoms with van der Waals surface area (Å²) in [4.78, 5) is 17.2. The third kappa shape index (κ3) is 4.42. The standard InChI is InChI=1S/C24H29N3O3/c1-17-26-20-10-5-6-11-21(20)27(17)15-7-14-25-24(28)18-12-13-22(23(16-18)29-2)30-19-8-3-4-9-19/h5-6,10-13,16,19H,3-4,7-9,14-15H2,1-2H3,(H,25,28). The summed E-state index contributed by atoms with van der Waals surface area (Å²) in [6.45, 7) is 3.41. The first-order valence-corrected chi connectivity index (χ1v) is 10.7. The summed E-state index contributed by atoms with van der Waals surface area (Å²) in [5, 5.41) is 3.00. The number of hydrogen-bond acceptors (Lipinski definition) is 4. The van der Waals surface area contributed by atoms with Crippen LogP contribution in [0.15, 0.2) is 42.5 Å². The lowest BCUT2D eigenvalue weighted by Gasteiger charge is -2.16. The van der Waals surface area contributed by atoms with E-state index in [4.69, 9.17) is 9.47 Å². The average molecular weight is 408 g/mol. The Bertz CT molecular complexity index is 1020. The fraction of sp³-hybridized carbons (Fsp3) is 0.417. The second-order valence-corrected chi connectivity index (χ2v) is 7.80. The molecule has 0 atom stereocenters. The lowest BCUT2D eigenvalue weighted by molar-refractivity contribution is 0.0952. The molecule has 1 heterocycles. The predicted molar refractivity (Wildman–Crippen MR) is 117 cm³/mol. The van der Waals surface area contributed by atoms with Crippen molar-refractivity contribution in [3.63, 3.8) is 0 Å². The van der Waals surface area contributed by atoms with Gasteiger partial charge in [0.1, 0.15) is 5.82 Å². The molecular formula is C24H29N3O3. The number of benzene rings is 2. The number of imidazole rings is 1. The Labute approximate surface area is 177 Å². The van der Waals surface area contributed by atoms with Crippen LogP contribution in [0.5, 0.6) is 11.5 Å². The van der Waals surface area contributed by atoms with Gasteiger partial charge in [0, 0.05) is 18.7 Å². The summed E-state index contributed by atoms with van der Waals surface area (Å²) in [5.74, 6) is 2.21. The Hall–Kier alpha value is -3.02. The average Bonchev–Trinajstić information content (AvgIpc) is 3.38. The molecule has 1 N–H and O–H groups in total. The maximum atomic E-state index is 12.6. The quantitative estimate of drug-likeness (QED) is 0.559. The highest BCUT2D eigenvalue weighted by molar-refractivity contribution is 5.94. The number of aromatic nitrogens is 2. The fourth-order valence-electron chi connectivity index (χ4n) is 4.11. The van der Waals surface area contributed by atoms with Crippen LogP contribution in [0.1, 0.15) is 48.3 Å². The van der Waals surface area contributed by atoms with Gasteiger partial charge in [-0.2, -0.15) is 0 Å². The van der Waals surface area contributed by atoms with E-state index in [-0.39, 0.29) is 12.0 Å². The van der Waals surface area contributed by atoms with E-state index in [9.17, 15) is 4.79 Å². The van der Waals surface area contributed by atoms with E-state index in [1.807, 2.05) is 31.2 Å². The van der Waals surface area contributed by atoms with Crippen LogP contribution in [0.3, 0.4) is 0 Å². The minimum absolute atomic E-state index is 0.104. The Balaban J connectivity index is 1.32. The van der Waals surface area contributed by atoms with Crippen molar-refractivity contribution >= 4 is 16.9 Å². The van der Waals surface area contributed by atoms with Crippen molar-refractivity contribution in [2.75, 3.05) is 13.7 Å². The molecule has 158 valence electrons. The van der Waals surface area contributed by atoms with Gasteiger partial charge in [-0.05, 0) is 69.4 Å². The van der Waals surface area contributed by atoms with Crippen LogP contribution in [0, 0.1) is 6.92 Å². The second-order valence-electron chi connectivity index (χ2n) is 7.80. The highest BCUT2D eigenvalue weighted by Crippen LogP contribution is 2.32. The number of carbonyl (C=O) groups is 1. The Morgan fingerprint density at radius 1 is 1.17 bits per heavy atom. The molecular weight excluding hydrogens is 378 g/mol. The molecule has 0 aliphatic heterocycles. The molecule has 3 aromatic rings. The molecule has 0 bridgehead atoms. The zero-order valence-electron chi connectivity index (χ0n) is 17.7. The van der Waals surface area contributed by atoms with E-state index in [1.54, 1.807) is 19.2 Å². The Morgan fingerprint density at radius 3 is 2.77 bits per heavy atom. The maximum absolute atomic E-state index is 12.6. The van der Waals surface area contributed by atoms with Gasteiger partial charge in [-0.3, -0.25) is 4.79 Å². The first-order valence-electron chi connectivity index (χ1n) is 10.7. The van der Waals surface area contributed by atoms with Gasteiger partial charge in [0.2, 0.25) is 0 Å². The first-order chi connectivity index (χ1) is 14.7. The van der Waals surface area contributed by atoms with Crippen molar-refractivity contribution in [3.8, 4) is 11.5 Å². The molecule has 0 radical (unpaired) electrons. The second kappa shape index (κ2) is 9.20. The number of fused-ring (bicyclic) bond motifs is 1. The van der Waals surface area contributed by atoms with Crippen molar-refractivity contribution in [2.24, 2.45) is 0 Å². The van der Waals surface area contributed by atoms with Crippen LogP contribution in [-0.4, -0.2) is 35.2 Å². The molecule has 1 aliphatic rings. The molecule has 0 saturated heterocycles. The molecule has 1 saturated carbocycles. The van der Waals surface area contributed by atoms with Crippen molar-refractivity contribution in [1.82, 2.24) is 14.9 Å². The molecule has 6 heteroatoms. The highest BCUT2D eigenvalue weighted by Gasteiger charge is 2.19. The van der Waals surface area contributed by atoms with Gasteiger partial charge < -0.3 is 19.4 Å². The van der Waals surface area contributed by atoms with Crippen LogP contribution in [0.4, 0.5) is 0 Å². The van der Waals surface area contributed by atoms with Gasteiger partial charge >= 0.3 is 0 Å². The summed E-state index contributed by atoms with van der Waals surface area (Å²) in [5.41, 5.74) is 2.71. The molecule has 4 rings (SSSR count). The van der Waals surface area contributed by atoms with Crippen molar-refractivity contribution in [3.05, 3.63) is 53.9 Å². The lowest BCUT2D eigenvalue weighted by Crippen LogP contribution is -2.25. The van der Waals surface area contributed by atoms with Crippen LogP contribution < -0.4 is 14.8 Å². The molecule has 1 amide bonds. The number of ether oxygens (including phenoxy) is 2. The molecule has 2 aromatic carbocycles. The maximum Gasteiger partial charge on any atom is 0.251 e. The molecule has 6 nitrogen and oxygen atoms in total. The Morgan fingerprint density at radius 2 is 1.97 bits per heavy atom. The lowest BCUT2D eigenvalue weighted by atomic mass is 10.2. The number of para-hydroxylation sites is 2. The number of aryl methyl sites for hydroxylation is 2. The number of rotatable bonds is 8. The molecule has 1 fully saturated rings. The van der Waals surface area contributed by atoms with Gasteiger partial charge in [-0.15, -0.1) is 0 Å². The van der Waals surface area contributed by atoms with Crippen LogP contribution in [-0.2, 0) is 6.54 Å². The summed E-state index contributed by atoms with van der Waals surface area (Å²) in [7, 11) is 1.61. The van der Waals surface area contributed by atoms with E-state index in [1.165, 1.54) is 12.8 Å². The van der Waals surface area contributed by atoms with Gasteiger partial charge in [-0.1, -0.05) is 12.1 Å². The van der Waals surface area contributed by atoms with Gasteiger partial charge in [0.15, 0.2) is 11.5 Å². The fourth-order valence-corrected chi connectivity index (χ4v) is 4.11. The normalized spacial score (nSPS) is 14.2. The summed E-state index contributed by atoms with van der Waals surface area (Å²) in [6, 6.07) is 13.5. The van der Waals surface area contributed by atoms with Crippen LogP contribution in [0.25, 0.3) is 11.0 Å². The zero-order chi connectivity index (χ0) is 20.9. The first kappa shape index (κ1) is 20.3. The SMILES string of the molecule is COc1cc(C(=O)NCCCn2c(C)nc3ccccc32)ccc1OC1CCCC1. The predicted octanol–water partition coefficient (Wildman–Crippen LogP) is 4.49. The van der Waals surface area contributed by atoms with Crippen molar-refractivity contribution in [2.45, 2.75) is 51.7 Å². The summed E-state index contributed by atoms with van der Waals surface area (Å²) < 4.78 is 13.7. The monoisotopic (exact) mass is 407 g/mol. The number of amides is 1. The third-order valence-corrected chi connectivity index (χ3v) is 5.71. The molecule has 0 spiro atoms. The zero-order valence-corrected chi connectivity index (χ0v) is 17.7. The largest absolute Gasteiger partial charge is 0.493 e. The number of nitrogens with zero attached hydrogens (tertiary/aromatic N) is 2. The van der Waals surface area contributed by atoms with Gasteiger partial charge in [0.05, 0.1) is 24.2 Å². The van der Waals surface area contributed by atoms with E-state index >= 15 is 0 Å². The van der Waals surface area contributed by atoms with E-state index in [2.05, 4.69) is 20.9 Å². The minimum atomic E-state index is -0.104. The number of hydrogen-bond donors (Lipinski definition) is 1. The highest BCUT2D eigenvalue weighted by atomic mass is 16.5. The van der Waals surface area contributed by atoms with Crippen molar-refractivity contribution < 1.29 is 14.3 Å². The van der Waals surface area contributed by atoms with E-state index in [0.717, 1.165) is 42.7 Å². The summed E-state index contributed by atoms with van der Waals surface area (Å²) in [6.07, 6.45) is 5.66. The van der Waals surface area contributed by atoms with Crippen molar-refractivity contribution in [1.29, 1.82) is 0 Å². The Kier molecular flexibility index (Phi) is 6.21. The number of methoxy groups -OCH3 is 1. The van der Waals surface area contributed by atoms with Gasteiger partial charge in [-0.25, -0.2) is 4.98 Å². The number of carbonyl (C=O) groups excluding carboxylic acids is 1. The smallest absolute Gasteiger partial charge is 0.251 e. The summed E-state index contributed by atoms with van der Waals surface area (Å²) >= 11 is 0. The van der Waals surface area contributed by atoms with Crippen LogP contribution >= 0.6 is 0 Å². The molecule has 0 unspecified atom stereocenters. The topological polar surface area (TPSA) is 65.4 Å².